The summed E-state index contributed by atoms with van der Waals surface area (Å²) >= 11 is 0. The lowest BCUT2D eigenvalue weighted by atomic mass is 10.2. The van der Waals surface area contributed by atoms with Crippen molar-refractivity contribution in [2.75, 3.05) is 5.73 Å². The predicted octanol–water partition coefficient (Wildman–Crippen LogP) is 1.58. The van der Waals surface area contributed by atoms with Crippen molar-refractivity contribution in [2.24, 2.45) is 5.92 Å². The number of rotatable bonds is 4. The zero-order chi connectivity index (χ0) is 11.5. The standard InChI is InChI=1S/C12H17N3O/c1-2-3-8-6-11(8)15-12(16)10-5-4-9(13)7-14-10/h4-5,7-8,11H,2-3,6,13H2,1H3,(H,15,16). The minimum atomic E-state index is -0.0939. The van der Waals surface area contributed by atoms with Crippen LogP contribution in [-0.2, 0) is 0 Å². The van der Waals surface area contributed by atoms with Gasteiger partial charge in [0, 0.05) is 6.04 Å². The van der Waals surface area contributed by atoms with E-state index < -0.39 is 0 Å². The van der Waals surface area contributed by atoms with Gasteiger partial charge in [0.05, 0.1) is 11.9 Å². The molecule has 0 aromatic carbocycles. The van der Waals surface area contributed by atoms with Crippen molar-refractivity contribution in [3.8, 4) is 0 Å². The summed E-state index contributed by atoms with van der Waals surface area (Å²) in [6.07, 6.45) is 4.98. The Morgan fingerprint density at radius 2 is 2.44 bits per heavy atom. The third-order valence-corrected chi connectivity index (χ3v) is 2.92. The number of carbonyl (C=O) groups excluding carboxylic acids is 1. The zero-order valence-electron chi connectivity index (χ0n) is 9.44. The van der Waals surface area contributed by atoms with Gasteiger partial charge in [-0.15, -0.1) is 0 Å². The Bertz CT molecular complexity index is 374. The van der Waals surface area contributed by atoms with Crippen LogP contribution in [0.15, 0.2) is 18.3 Å². The Hall–Kier alpha value is -1.58. The fourth-order valence-electron chi connectivity index (χ4n) is 1.90. The van der Waals surface area contributed by atoms with E-state index in [1.54, 1.807) is 12.1 Å². The number of carbonyl (C=O) groups is 1. The molecule has 4 nitrogen and oxygen atoms in total. The van der Waals surface area contributed by atoms with E-state index in [0.29, 0.717) is 23.3 Å². The van der Waals surface area contributed by atoms with E-state index >= 15 is 0 Å². The molecule has 3 N–H and O–H groups in total. The van der Waals surface area contributed by atoms with Crippen LogP contribution in [0.2, 0.25) is 0 Å². The van der Waals surface area contributed by atoms with E-state index in [2.05, 4.69) is 17.2 Å². The molecule has 0 spiro atoms. The first-order valence-electron chi connectivity index (χ1n) is 5.73. The molecule has 2 atom stereocenters. The van der Waals surface area contributed by atoms with Crippen LogP contribution in [-0.4, -0.2) is 16.9 Å². The Balaban J connectivity index is 1.87. The lowest BCUT2D eigenvalue weighted by Crippen LogP contribution is -2.27. The molecular weight excluding hydrogens is 202 g/mol. The highest BCUT2D eigenvalue weighted by Gasteiger charge is 2.37. The molecule has 1 amide bonds. The van der Waals surface area contributed by atoms with Crippen molar-refractivity contribution in [3.05, 3.63) is 24.0 Å². The topological polar surface area (TPSA) is 68.0 Å². The van der Waals surface area contributed by atoms with Crippen LogP contribution in [0.25, 0.3) is 0 Å². The molecule has 0 aliphatic heterocycles. The molecule has 1 saturated carbocycles. The van der Waals surface area contributed by atoms with Gasteiger partial charge in [0.25, 0.3) is 5.91 Å². The van der Waals surface area contributed by atoms with E-state index in [1.807, 2.05) is 0 Å². The Morgan fingerprint density at radius 1 is 1.62 bits per heavy atom. The summed E-state index contributed by atoms with van der Waals surface area (Å²) in [7, 11) is 0. The van der Waals surface area contributed by atoms with E-state index in [0.717, 1.165) is 6.42 Å². The maximum atomic E-state index is 11.7. The number of anilines is 1. The van der Waals surface area contributed by atoms with Crippen molar-refractivity contribution in [1.82, 2.24) is 10.3 Å². The summed E-state index contributed by atoms with van der Waals surface area (Å²) in [5.74, 6) is 0.575. The van der Waals surface area contributed by atoms with Gasteiger partial charge in [0.15, 0.2) is 0 Å². The number of nitrogens with zero attached hydrogens (tertiary/aromatic N) is 1. The van der Waals surface area contributed by atoms with Gasteiger partial charge in [-0.3, -0.25) is 4.79 Å². The van der Waals surface area contributed by atoms with Crippen molar-refractivity contribution in [2.45, 2.75) is 32.2 Å². The van der Waals surface area contributed by atoms with E-state index in [1.165, 1.54) is 19.0 Å². The highest BCUT2D eigenvalue weighted by molar-refractivity contribution is 5.92. The first kappa shape index (κ1) is 10.9. The van der Waals surface area contributed by atoms with Gasteiger partial charge in [0.1, 0.15) is 5.69 Å². The molecule has 1 aliphatic rings. The Morgan fingerprint density at radius 3 is 3.06 bits per heavy atom. The molecule has 1 aromatic heterocycles. The molecule has 0 radical (unpaired) electrons. The average molecular weight is 219 g/mol. The normalized spacial score (nSPS) is 22.8. The van der Waals surface area contributed by atoms with Crippen LogP contribution in [0.4, 0.5) is 5.69 Å². The predicted molar refractivity (Wildman–Crippen MR) is 62.9 cm³/mol. The van der Waals surface area contributed by atoms with Gasteiger partial charge in [-0.05, 0) is 30.9 Å². The maximum Gasteiger partial charge on any atom is 0.270 e. The lowest BCUT2D eigenvalue weighted by Gasteiger charge is -2.03. The van der Waals surface area contributed by atoms with Gasteiger partial charge >= 0.3 is 0 Å². The number of pyridine rings is 1. The van der Waals surface area contributed by atoms with Gasteiger partial charge in [-0.1, -0.05) is 13.3 Å². The van der Waals surface area contributed by atoms with Crippen molar-refractivity contribution in [3.63, 3.8) is 0 Å². The second kappa shape index (κ2) is 4.51. The molecular formula is C12H17N3O. The first-order chi connectivity index (χ1) is 7.70. The van der Waals surface area contributed by atoms with Crippen LogP contribution in [0.3, 0.4) is 0 Å². The van der Waals surface area contributed by atoms with Gasteiger partial charge in [-0.25, -0.2) is 4.98 Å². The summed E-state index contributed by atoms with van der Waals surface area (Å²) < 4.78 is 0. The number of nitrogens with one attached hydrogen (secondary N) is 1. The van der Waals surface area contributed by atoms with Crippen LogP contribution in [0.1, 0.15) is 36.7 Å². The van der Waals surface area contributed by atoms with Gasteiger partial charge < -0.3 is 11.1 Å². The number of aromatic nitrogens is 1. The van der Waals surface area contributed by atoms with Crippen LogP contribution >= 0.6 is 0 Å². The summed E-state index contributed by atoms with van der Waals surface area (Å²) in [5.41, 5.74) is 6.52. The van der Waals surface area contributed by atoms with Gasteiger partial charge in [0.2, 0.25) is 0 Å². The Kier molecular flexibility index (Phi) is 3.08. The highest BCUT2D eigenvalue weighted by atomic mass is 16.2. The van der Waals surface area contributed by atoms with Crippen LogP contribution in [0, 0.1) is 5.92 Å². The average Bonchev–Trinajstić information content (AvgIpc) is 2.98. The number of hydrogen-bond donors (Lipinski definition) is 2. The monoisotopic (exact) mass is 219 g/mol. The molecule has 4 heteroatoms. The molecule has 0 bridgehead atoms. The molecule has 1 aromatic rings. The third-order valence-electron chi connectivity index (χ3n) is 2.92. The fraction of sp³-hybridized carbons (Fsp3) is 0.500. The highest BCUT2D eigenvalue weighted by Crippen LogP contribution is 2.34. The zero-order valence-corrected chi connectivity index (χ0v) is 9.44. The third kappa shape index (κ3) is 2.51. The lowest BCUT2D eigenvalue weighted by molar-refractivity contribution is 0.0944. The number of nitrogen functional groups attached to an aromatic ring is 1. The molecule has 2 rings (SSSR count). The summed E-state index contributed by atoms with van der Waals surface area (Å²) in [6.45, 7) is 2.17. The number of amides is 1. The van der Waals surface area contributed by atoms with E-state index in [9.17, 15) is 4.79 Å². The van der Waals surface area contributed by atoms with Crippen LogP contribution in [0.5, 0.6) is 0 Å². The van der Waals surface area contributed by atoms with E-state index in [4.69, 9.17) is 5.73 Å². The van der Waals surface area contributed by atoms with E-state index in [-0.39, 0.29) is 5.91 Å². The molecule has 16 heavy (non-hydrogen) atoms. The second-order valence-electron chi connectivity index (χ2n) is 4.34. The molecule has 1 aliphatic carbocycles. The number of nitrogens with two attached hydrogens (primary N) is 1. The molecule has 1 heterocycles. The minimum Gasteiger partial charge on any atom is -0.397 e. The van der Waals surface area contributed by atoms with Gasteiger partial charge in [-0.2, -0.15) is 0 Å². The second-order valence-corrected chi connectivity index (χ2v) is 4.34. The smallest absolute Gasteiger partial charge is 0.270 e. The SMILES string of the molecule is CCCC1CC1NC(=O)c1ccc(N)cn1. The molecule has 2 unspecified atom stereocenters. The molecule has 1 fully saturated rings. The molecule has 0 saturated heterocycles. The fourth-order valence-corrected chi connectivity index (χ4v) is 1.90. The quantitative estimate of drug-likeness (QED) is 0.808. The number of hydrogen-bond acceptors (Lipinski definition) is 3. The minimum absolute atomic E-state index is 0.0939. The maximum absolute atomic E-state index is 11.7. The molecule has 86 valence electrons. The first-order valence-corrected chi connectivity index (χ1v) is 5.73. The van der Waals surface area contributed by atoms with Crippen LogP contribution < -0.4 is 11.1 Å². The summed E-state index contributed by atoms with van der Waals surface area (Å²) in [5, 5.41) is 2.98. The van der Waals surface area contributed by atoms with Crippen molar-refractivity contribution in [1.29, 1.82) is 0 Å². The Labute approximate surface area is 95.3 Å². The van der Waals surface area contributed by atoms with Crippen molar-refractivity contribution < 1.29 is 4.79 Å². The summed E-state index contributed by atoms with van der Waals surface area (Å²) in [4.78, 5) is 15.7. The summed E-state index contributed by atoms with van der Waals surface area (Å²) in [6, 6.07) is 3.70. The van der Waals surface area contributed by atoms with Crippen molar-refractivity contribution >= 4 is 11.6 Å². The largest absolute Gasteiger partial charge is 0.397 e.